The topological polar surface area (TPSA) is 88.0 Å². The fourth-order valence-electron chi connectivity index (χ4n) is 4.41. The van der Waals surface area contributed by atoms with Crippen LogP contribution < -0.4 is 0 Å². The fourth-order valence-corrected chi connectivity index (χ4v) is 5.82. The number of carbonyl (C=O) groups is 1. The van der Waals surface area contributed by atoms with Gasteiger partial charge in [-0.25, -0.2) is 13.4 Å². The molecule has 0 N–H and O–H groups in total. The van der Waals surface area contributed by atoms with Gasteiger partial charge in [0.1, 0.15) is 12.0 Å². The first-order chi connectivity index (χ1) is 17.0. The third-order valence-electron chi connectivity index (χ3n) is 6.45. The number of piperazine rings is 1. The zero-order valence-corrected chi connectivity index (χ0v) is 20.3. The van der Waals surface area contributed by atoms with Gasteiger partial charge in [0.2, 0.25) is 10.0 Å². The number of benzene rings is 2. The molecule has 1 aromatic heterocycles. The second-order valence-corrected chi connectivity index (χ2v) is 10.7. The van der Waals surface area contributed by atoms with Crippen molar-refractivity contribution >= 4 is 15.9 Å². The van der Waals surface area contributed by atoms with Gasteiger partial charge in [0.25, 0.3) is 5.91 Å². The van der Waals surface area contributed by atoms with Crippen molar-refractivity contribution in [1.29, 1.82) is 0 Å². The molecule has 0 unspecified atom stereocenters. The van der Waals surface area contributed by atoms with Gasteiger partial charge in [0.05, 0.1) is 18.1 Å². The van der Waals surface area contributed by atoms with Gasteiger partial charge < -0.3 is 14.2 Å². The van der Waals surface area contributed by atoms with Gasteiger partial charge in [-0.05, 0) is 29.8 Å². The van der Waals surface area contributed by atoms with Crippen molar-refractivity contribution in [2.75, 3.05) is 52.5 Å². The number of imidazole rings is 1. The SMILES string of the molecule is O=C(c1cn(-c2ccc(S(=O)(=O)N3CCOCC3)cc2)cn1)N1CCN(Cc2ccccc2)CC1. The molecule has 2 aromatic carbocycles. The van der Waals surface area contributed by atoms with Crippen LogP contribution in [0.1, 0.15) is 16.1 Å². The first-order valence-corrected chi connectivity index (χ1v) is 13.2. The highest BCUT2D eigenvalue weighted by Gasteiger charge is 2.27. The Morgan fingerprint density at radius 2 is 1.57 bits per heavy atom. The number of hydrogen-bond donors (Lipinski definition) is 0. The maximum absolute atomic E-state index is 13.0. The average Bonchev–Trinajstić information content (AvgIpc) is 3.40. The van der Waals surface area contributed by atoms with E-state index in [4.69, 9.17) is 4.74 Å². The Morgan fingerprint density at radius 1 is 0.886 bits per heavy atom. The molecule has 10 heteroatoms. The summed E-state index contributed by atoms with van der Waals surface area (Å²) in [4.78, 5) is 21.8. The lowest BCUT2D eigenvalue weighted by Gasteiger charge is -2.34. The molecule has 184 valence electrons. The van der Waals surface area contributed by atoms with Crippen LogP contribution in [0.15, 0.2) is 72.0 Å². The average molecular weight is 496 g/mol. The van der Waals surface area contributed by atoms with Crippen LogP contribution in [0, 0.1) is 0 Å². The molecule has 3 aromatic rings. The highest BCUT2D eigenvalue weighted by atomic mass is 32.2. The maximum Gasteiger partial charge on any atom is 0.274 e. The van der Waals surface area contributed by atoms with Gasteiger partial charge in [-0.3, -0.25) is 9.69 Å². The molecule has 1 amide bonds. The molecule has 2 aliphatic heterocycles. The standard InChI is InChI=1S/C25H29N5O4S/c31-25(28-12-10-27(11-13-28)18-21-4-2-1-3-5-21)24-19-29(20-26-24)22-6-8-23(9-7-22)35(32,33)30-14-16-34-17-15-30/h1-9,19-20H,10-18H2. The summed E-state index contributed by atoms with van der Waals surface area (Å²) in [7, 11) is -3.54. The van der Waals surface area contributed by atoms with Crippen molar-refractivity contribution in [3.05, 3.63) is 78.4 Å². The number of rotatable bonds is 6. The summed E-state index contributed by atoms with van der Waals surface area (Å²) in [6, 6.07) is 17.0. The molecule has 0 saturated carbocycles. The Hall–Kier alpha value is -3.05. The molecule has 9 nitrogen and oxygen atoms in total. The number of hydrogen-bond acceptors (Lipinski definition) is 6. The van der Waals surface area contributed by atoms with Crippen LogP contribution in [0.25, 0.3) is 5.69 Å². The zero-order chi connectivity index (χ0) is 24.3. The third-order valence-corrected chi connectivity index (χ3v) is 8.37. The largest absolute Gasteiger partial charge is 0.379 e. The van der Waals surface area contributed by atoms with Gasteiger partial charge in [-0.1, -0.05) is 30.3 Å². The van der Waals surface area contributed by atoms with E-state index in [2.05, 4.69) is 22.0 Å². The lowest BCUT2D eigenvalue weighted by atomic mass is 10.2. The van der Waals surface area contributed by atoms with Crippen LogP contribution in [0.5, 0.6) is 0 Å². The molecule has 0 spiro atoms. The zero-order valence-electron chi connectivity index (χ0n) is 19.5. The molecule has 5 rings (SSSR count). The lowest BCUT2D eigenvalue weighted by molar-refractivity contribution is 0.0623. The fraction of sp³-hybridized carbons (Fsp3) is 0.360. The number of morpholine rings is 1. The summed E-state index contributed by atoms with van der Waals surface area (Å²) in [6.45, 7) is 5.38. The van der Waals surface area contributed by atoms with E-state index in [1.54, 1.807) is 41.4 Å². The molecule has 2 saturated heterocycles. The van der Waals surface area contributed by atoms with Crippen LogP contribution in [0.4, 0.5) is 0 Å². The minimum Gasteiger partial charge on any atom is -0.379 e. The quantitative estimate of drug-likeness (QED) is 0.519. The van der Waals surface area contributed by atoms with Crippen molar-refractivity contribution < 1.29 is 17.9 Å². The van der Waals surface area contributed by atoms with Crippen molar-refractivity contribution in [3.63, 3.8) is 0 Å². The van der Waals surface area contributed by atoms with Crippen molar-refractivity contribution in [2.24, 2.45) is 0 Å². The molecule has 0 radical (unpaired) electrons. The summed E-state index contributed by atoms with van der Waals surface area (Å²) in [5.41, 5.74) is 2.39. The van der Waals surface area contributed by atoms with Crippen LogP contribution in [-0.4, -0.2) is 90.5 Å². The van der Waals surface area contributed by atoms with Gasteiger partial charge in [0.15, 0.2) is 0 Å². The number of ether oxygens (including phenoxy) is 1. The van der Waals surface area contributed by atoms with E-state index in [0.29, 0.717) is 45.1 Å². The van der Waals surface area contributed by atoms with Crippen LogP contribution in [0.2, 0.25) is 0 Å². The Morgan fingerprint density at radius 3 is 2.26 bits per heavy atom. The second-order valence-electron chi connectivity index (χ2n) is 8.73. The van der Waals surface area contributed by atoms with Crippen molar-refractivity contribution in [2.45, 2.75) is 11.4 Å². The molecular formula is C25H29N5O4S. The molecule has 3 heterocycles. The van der Waals surface area contributed by atoms with E-state index >= 15 is 0 Å². The normalized spacial score (nSPS) is 18.0. The first-order valence-electron chi connectivity index (χ1n) is 11.8. The first kappa shape index (κ1) is 23.7. The Balaban J connectivity index is 1.20. The molecule has 2 fully saturated rings. The highest BCUT2D eigenvalue weighted by molar-refractivity contribution is 7.89. The number of carbonyl (C=O) groups excluding carboxylic acids is 1. The van der Waals surface area contributed by atoms with Crippen molar-refractivity contribution in [1.82, 2.24) is 23.7 Å². The minimum absolute atomic E-state index is 0.0883. The molecule has 0 bridgehead atoms. The lowest BCUT2D eigenvalue weighted by Crippen LogP contribution is -2.48. The Kier molecular flexibility index (Phi) is 6.96. The predicted octanol–water partition coefficient (Wildman–Crippen LogP) is 1.85. The number of sulfonamides is 1. The van der Waals surface area contributed by atoms with E-state index in [1.807, 2.05) is 23.1 Å². The van der Waals surface area contributed by atoms with Gasteiger partial charge in [-0.2, -0.15) is 4.31 Å². The molecule has 0 atom stereocenters. The summed E-state index contributed by atoms with van der Waals surface area (Å²) in [6.07, 6.45) is 3.29. The molecular weight excluding hydrogens is 466 g/mol. The summed E-state index contributed by atoms with van der Waals surface area (Å²) >= 11 is 0. The van der Waals surface area contributed by atoms with Gasteiger partial charge in [0, 0.05) is 57.7 Å². The third kappa shape index (κ3) is 5.30. The summed E-state index contributed by atoms with van der Waals surface area (Å²) in [5.74, 6) is -0.0883. The van der Waals surface area contributed by atoms with Crippen LogP contribution >= 0.6 is 0 Å². The summed E-state index contributed by atoms with van der Waals surface area (Å²) in [5, 5.41) is 0. The smallest absolute Gasteiger partial charge is 0.274 e. The van der Waals surface area contributed by atoms with E-state index in [0.717, 1.165) is 25.3 Å². The Bertz CT molecular complexity index is 1250. The minimum atomic E-state index is -3.54. The molecule has 0 aliphatic carbocycles. The van der Waals surface area contributed by atoms with Gasteiger partial charge >= 0.3 is 0 Å². The summed E-state index contributed by atoms with van der Waals surface area (Å²) < 4.78 is 34.1. The number of aromatic nitrogens is 2. The van der Waals surface area contributed by atoms with E-state index in [1.165, 1.54) is 9.87 Å². The van der Waals surface area contributed by atoms with Crippen LogP contribution in [-0.2, 0) is 21.3 Å². The van der Waals surface area contributed by atoms with E-state index < -0.39 is 10.0 Å². The number of amides is 1. The maximum atomic E-state index is 13.0. The van der Waals surface area contributed by atoms with Crippen LogP contribution in [0.3, 0.4) is 0 Å². The molecule has 2 aliphatic rings. The second kappa shape index (κ2) is 10.3. The van der Waals surface area contributed by atoms with E-state index in [-0.39, 0.29) is 10.8 Å². The van der Waals surface area contributed by atoms with E-state index in [9.17, 15) is 13.2 Å². The van der Waals surface area contributed by atoms with Crippen molar-refractivity contribution in [3.8, 4) is 5.69 Å². The number of nitrogens with zero attached hydrogens (tertiary/aromatic N) is 5. The monoisotopic (exact) mass is 495 g/mol. The predicted molar refractivity (Wildman–Crippen MR) is 131 cm³/mol. The van der Waals surface area contributed by atoms with Gasteiger partial charge in [-0.15, -0.1) is 0 Å². The highest BCUT2D eigenvalue weighted by Crippen LogP contribution is 2.20. The Labute approximate surface area is 205 Å². The molecule has 35 heavy (non-hydrogen) atoms.